The van der Waals surface area contributed by atoms with Crippen molar-refractivity contribution in [1.82, 2.24) is 14.5 Å². The minimum absolute atomic E-state index is 0.0743. The molecule has 2 heterocycles. The van der Waals surface area contributed by atoms with Crippen LogP contribution in [0.3, 0.4) is 0 Å². The maximum atomic E-state index is 13.0. The van der Waals surface area contributed by atoms with Gasteiger partial charge in [0.2, 0.25) is 5.91 Å². The zero-order valence-corrected chi connectivity index (χ0v) is 20.0. The first-order valence-corrected chi connectivity index (χ1v) is 11.2. The summed E-state index contributed by atoms with van der Waals surface area (Å²) < 4.78 is 7.22. The summed E-state index contributed by atoms with van der Waals surface area (Å²) in [7, 11) is 1.64. The van der Waals surface area contributed by atoms with E-state index in [1.165, 1.54) is 0 Å². The maximum Gasteiger partial charge on any atom is 0.243 e. The fourth-order valence-corrected chi connectivity index (χ4v) is 4.76. The number of methoxy groups -OCH3 is 1. The van der Waals surface area contributed by atoms with E-state index in [0.717, 1.165) is 28.3 Å². The lowest BCUT2D eigenvalue weighted by atomic mass is 10.0. The van der Waals surface area contributed by atoms with Crippen LogP contribution in [0.4, 0.5) is 0 Å². The standard InChI is InChI=1S/C25H25Cl2N3O2/c1-15(2)30-16(3)25-24(20-11-8-18(26)13-21(20)27)28-22(29(25)14-23(30)31)12-7-17-5-9-19(32-4)10-6-17/h5-13,15-16H,14H2,1-4H3. The Hall–Kier alpha value is -2.76. The van der Waals surface area contributed by atoms with Crippen LogP contribution in [0.15, 0.2) is 42.5 Å². The maximum absolute atomic E-state index is 13.0. The Balaban J connectivity index is 1.84. The van der Waals surface area contributed by atoms with Crippen LogP contribution >= 0.6 is 23.2 Å². The van der Waals surface area contributed by atoms with Crippen LogP contribution in [-0.4, -0.2) is 33.5 Å². The van der Waals surface area contributed by atoms with Gasteiger partial charge in [-0.2, -0.15) is 0 Å². The third kappa shape index (κ3) is 4.15. The molecular formula is C25H25Cl2N3O2. The van der Waals surface area contributed by atoms with Gasteiger partial charge in [-0.05, 0) is 62.7 Å². The molecule has 7 heteroatoms. The average Bonchev–Trinajstić information content (AvgIpc) is 3.10. The average molecular weight is 470 g/mol. The summed E-state index contributed by atoms with van der Waals surface area (Å²) in [5.41, 5.74) is 3.55. The number of amides is 1. The molecule has 1 aromatic heterocycles. The van der Waals surface area contributed by atoms with Crippen LogP contribution < -0.4 is 4.74 Å². The van der Waals surface area contributed by atoms with Crippen LogP contribution in [0.1, 0.15) is 43.9 Å². The minimum Gasteiger partial charge on any atom is -0.497 e. The van der Waals surface area contributed by atoms with Crippen molar-refractivity contribution in [2.45, 2.75) is 39.4 Å². The van der Waals surface area contributed by atoms with Gasteiger partial charge in [0.1, 0.15) is 18.1 Å². The number of rotatable bonds is 5. The van der Waals surface area contributed by atoms with Gasteiger partial charge in [0, 0.05) is 16.6 Å². The number of hydrogen-bond acceptors (Lipinski definition) is 3. The molecule has 32 heavy (non-hydrogen) atoms. The van der Waals surface area contributed by atoms with Crippen molar-refractivity contribution in [3.63, 3.8) is 0 Å². The summed E-state index contributed by atoms with van der Waals surface area (Å²) in [6.07, 6.45) is 3.91. The first-order chi connectivity index (χ1) is 15.3. The molecule has 0 spiro atoms. The lowest BCUT2D eigenvalue weighted by molar-refractivity contribution is -0.138. The van der Waals surface area contributed by atoms with Crippen LogP contribution in [0.2, 0.25) is 10.0 Å². The van der Waals surface area contributed by atoms with E-state index in [-0.39, 0.29) is 24.5 Å². The van der Waals surface area contributed by atoms with Crippen LogP contribution in [0.5, 0.6) is 5.75 Å². The third-order valence-electron chi connectivity index (χ3n) is 5.71. The van der Waals surface area contributed by atoms with Gasteiger partial charge in [0.05, 0.1) is 29.6 Å². The minimum atomic E-state index is -0.145. The Morgan fingerprint density at radius 3 is 2.47 bits per heavy atom. The summed E-state index contributed by atoms with van der Waals surface area (Å²) in [5, 5.41) is 1.10. The molecule has 0 aliphatic carbocycles. The number of fused-ring (bicyclic) bond motifs is 1. The fourth-order valence-electron chi connectivity index (χ4n) is 4.27. The smallest absolute Gasteiger partial charge is 0.243 e. The lowest BCUT2D eigenvalue weighted by Crippen LogP contribution is -2.45. The topological polar surface area (TPSA) is 47.4 Å². The number of ether oxygens (including phenoxy) is 1. The number of carbonyl (C=O) groups is 1. The normalized spacial score (nSPS) is 16.2. The zero-order valence-electron chi connectivity index (χ0n) is 18.5. The summed E-state index contributed by atoms with van der Waals surface area (Å²) in [6.45, 7) is 6.33. The highest BCUT2D eigenvalue weighted by molar-refractivity contribution is 6.36. The number of aromatic nitrogens is 2. The number of halogens is 2. The molecule has 0 N–H and O–H groups in total. The predicted octanol–water partition coefficient (Wildman–Crippen LogP) is 6.35. The van der Waals surface area contributed by atoms with Gasteiger partial charge in [-0.1, -0.05) is 41.4 Å². The zero-order chi connectivity index (χ0) is 23.0. The van der Waals surface area contributed by atoms with Crippen LogP contribution in [0.25, 0.3) is 23.4 Å². The molecule has 1 aliphatic rings. The summed E-state index contributed by atoms with van der Waals surface area (Å²) in [4.78, 5) is 19.8. The number of carbonyl (C=O) groups excluding carboxylic acids is 1. The first-order valence-electron chi connectivity index (χ1n) is 10.5. The summed E-state index contributed by atoms with van der Waals surface area (Å²) in [5.74, 6) is 1.58. The monoisotopic (exact) mass is 469 g/mol. The van der Waals surface area contributed by atoms with Gasteiger partial charge in [-0.15, -0.1) is 0 Å². The van der Waals surface area contributed by atoms with Crippen molar-refractivity contribution in [2.24, 2.45) is 0 Å². The molecule has 2 aromatic carbocycles. The SMILES string of the molecule is COc1ccc(C=Cc2nc(-c3ccc(Cl)cc3Cl)c3n2CC(=O)N(C(C)C)C3C)cc1. The van der Waals surface area contributed by atoms with Gasteiger partial charge in [-0.25, -0.2) is 4.98 Å². The molecule has 0 bridgehead atoms. The second kappa shape index (κ2) is 9.00. The van der Waals surface area contributed by atoms with E-state index >= 15 is 0 Å². The second-order valence-corrected chi connectivity index (χ2v) is 8.94. The highest BCUT2D eigenvalue weighted by atomic mass is 35.5. The van der Waals surface area contributed by atoms with Crippen molar-refractivity contribution in [3.8, 4) is 17.0 Å². The fraction of sp³-hybridized carbons (Fsp3) is 0.280. The number of benzene rings is 2. The number of imidazole rings is 1. The Kier molecular flexibility index (Phi) is 6.31. The molecule has 1 atom stereocenters. The first kappa shape index (κ1) is 22.4. The molecule has 5 nitrogen and oxygen atoms in total. The van der Waals surface area contributed by atoms with E-state index < -0.39 is 0 Å². The van der Waals surface area contributed by atoms with Crippen LogP contribution in [0, 0.1) is 0 Å². The molecule has 0 saturated heterocycles. The molecule has 3 aromatic rings. The molecule has 1 amide bonds. The van der Waals surface area contributed by atoms with E-state index in [1.54, 1.807) is 19.2 Å². The van der Waals surface area contributed by atoms with Crippen LogP contribution in [-0.2, 0) is 11.3 Å². The Morgan fingerprint density at radius 1 is 1.12 bits per heavy atom. The highest BCUT2D eigenvalue weighted by Crippen LogP contribution is 2.39. The van der Waals surface area contributed by atoms with Crippen molar-refractivity contribution < 1.29 is 9.53 Å². The van der Waals surface area contributed by atoms with E-state index in [0.29, 0.717) is 15.9 Å². The highest BCUT2D eigenvalue weighted by Gasteiger charge is 2.36. The molecule has 166 valence electrons. The predicted molar refractivity (Wildman–Crippen MR) is 130 cm³/mol. The largest absolute Gasteiger partial charge is 0.497 e. The van der Waals surface area contributed by atoms with E-state index in [2.05, 4.69) is 0 Å². The van der Waals surface area contributed by atoms with Gasteiger partial charge < -0.3 is 14.2 Å². The lowest BCUT2D eigenvalue weighted by Gasteiger charge is -2.38. The van der Waals surface area contributed by atoms with Crippen molar-refractivity contribution >= 4 is 41.3 Å². The van der Waals surface area contributed by atoms with Gasteiger partial charge in [0.25, 0.3) is 0 Å². The van der Waals surface area contributed by atoms with E-state index in [9.17, 15) is 4.79 Å². The molecule has 0 radical (unpaired) electrons. The Bertz CT molecular complexity index is 1180. The molecule has 4 rings (SSSR count). The van der Waals surface area contributed by atoms with Crippen molar-refractivity contribution in [1.29, 1.82) is 0 Å². The Labute approximate surface area is 198 Å². The second-order valence-electron chi connectivity index (χ2n) is 8.09. The molecular weight excluding hydrogens is 445 g/mol. The summed E-state index contributed by atoms with van der Waals surface area (Å²) in [6, 6.07) is 13.1. The Morgan fingerprint density at radius 2 is 1.84 bits per heavy atom. The quantitative estimate of drug-likeness (QED) is 0.437. The van der Waals surface area contributed by atoms with Gasteiger partial charge in [0.15, 0.2) is 0 Å². The molecule has 0 fully saturated rings. The third-order valence-corrected chi connectivity index (χ3v) is 6.26. The van der Waals surface area contributed by atoms with Crippen molar-refractivity contribution in [2.75, 3.05) is 7.11 Å². The molecule has 1 aliphatic heterocycles. The van der Waals surface area contributed by atoms with Gasteiger partial charge in [-0.3, -0.25) is 4.79 Å². The van der Waals surface area contributed by atoms with Gasteiger partial charge >= 0.3 is 0 Å². The van der Waals surface area contributed by atoms with E-state index in [4.69, 9.17) is 32.9 Å². The number of hydrogen-bond donors (Lipinski definition) is 0. The number of nitrogens with zero attached hydrogens (tertiary/aromatic N) is 3. The van der Waals surface area contributed by atoms with Crippen molar-refractivity contribution in [3.05, 3.63) is 69.6 Å². The molecule has 0 saturated carbocycles. The summed E-state index contributed by atoms with van der Waals surface area (Å²) >= 11 is 12.7. The van der Waals surface area contributed by atoms with E-state index in [1.807, 2.05) is 72.7 Å². The molecule has 1 unspecified atom stereocenters.